The fourth-order valence-electron chi connectivity index (χ4n) is 6.02. The van der Waals surface area contributed by atoms with Crippen LogP contribution in [0, 0.1) is 6.92 Å². The van der Waals surface area contributed by atoms with Gasteiger partial charge in [0.2, 0.25) is 0 Å². The number of nitrogens with one attached hydrogen (secondary N) is 1. The topological polar surface area (TPSA) is 61.0 Å². The first-order valence-corrected chi connectivity index (χ1v) is 15.4. The summed E-state index contributed by atoms with van der Waals surface area (Å²) in [5.74, 6) is 2.25. The second kappa shape index (κ2) is 11.2. The molecule has 5 aromatic rings. The highest BCUT2D eigenvalue weighted by atomic mass is 79.9. The molecule has 0 aliphatic carbocycles. The molecule has 7 rings (SSSR count). The molecule has 2 aliphatic rings. The maximum absolute atomic E-state index is 5.34. The minimum Gasteiger partial charge on any atom is -0.372 e. The predicted octanol–water partition coefficient (Wildman–Crippen LogP) is 8.58. The lowest BCUT2D eigenvalue weighted by atomic mass is 9.93. The molecule has 0 saturated heterocycles. The summed E-state index contributed by atoms with van der Waals surface area (Å²) in [6.45, 7) is 8.36. The fourth-order valence-corrected chi connectivity index (χ4v) is 6.44. The molecule has 1 atom stereocenters. The van der Waals surface area contributed by atoms with Crippen LogP contribution in [0.3, 0.4) is 0 Å². The van der Waals surface area contributed by atoms with E-state index in [0.29, 0.717) is 5.84 Å². The molecule has 43 heavy (non-hydrogen) atoms. The number of aromatic nitrogens is 2. The number of hydrogen-bond donors (Lipinski definition) is 1. The third kappa shape index (κ3) is 4.81. The molecular formula is C35H32BrN7. The minimum atomic E-state index is -0.170. The molecule has 0 fully saturated rings. The Kier molecular flexibility index (Phi) is 7.07. The van der Waals surface area contributed by atoms with Crippen LogP contribution >= 0.6 is 15.9 Å². The summed E-state index contributed by atoms with van der Waals surface area (Å²) in [6.07, 6.45) is 0. The number of hydrogen-bond acceptors (Lipinski definition) is 6. The molecule has 7 nitrogen and oxygen atoms in total. The van der Waals surface area contributed by atoms with E-state index in [1.165, 1.54) is 5.69 Å². The number of halogens is 1. The van der Waals surface area contributed by atoms with Crippen LogP contribution in [0.4, 0.5) is 28.6 Å². The molecule has 4 aromatic carbocycles. The van der Waals surface area contributed by atoms with Crippen LogP contribution in [-0.4, -0.2) is 34.5 Å². The van der Waals surface area contributed by atoms with Gasteiger partial charge < -0.3 is 15.1 Å². The number of aliphatic imine (C=N–C) groups is 2. The van der Waals surface area contributed by atoms with Crippen molar-refractivity contribution in [2.75, 3.05) is 28.2 Å². The van der Waals surface area contributed by atoms with Crippen molar-refractivity contribution in [3.05, 3.63) is 124 Å². The number of anilines is 3. The average molecular weight is 631 g/mol. The van der Waals surface area contributed by atoms with Gasteiger partial charge in [-0.3, -0.25) is 0 Å². The summed E-state index contributed by atoms with van der Waals surface area (Å²) in [4.78, 5) is 15.1. The second-order valence-electron chi connectivity index (χ2n) is 10.6. The van der Waals surface area contributed by atoms with Crippen LogP contribution < -0.4 is 15.1 Å². The van der Waals surface area contributed by atoms with Gasteiger partial charge in [0.15, 0.2) is 17.5 Å². The van der Waals surface area contributed by atoms with Crippen LogP contribution in [0.1, 0.15) is 36.7 Å². The zero-order valence-electron chi connectivity index (χ0n) is 24.4. The summed E-state index contributed by atoms with van der Waals surface area (Å²) in [5.41, 5.74) is 8.16. The number of benzene rings is 4. The average Bonchev–Trinajstić information content (AvgIpc) is 3.37. The molecule has 3 heterocycles. The third-order valence-electron chi connectivity index (χ3n) is 8.06. The van der Waals surface area contributed by atoms with Crippen LogP contribution in [-0.2, 0) is 0 Å². The molecule has 0 spiro atoms. The molecular weight excluding hydrogens is 598 g/mol. The lowest BCUT2D eigenvalue weighted by Gasteiger charge is -2.40. The Labute approximate surface area is 260 Å². The quantitative estimate of drug-likeness (QED) is 0.204. The number of amidine groups is 2. The number of para-hydroxylation sites is 3. The second-order valence-corrected chi connectivity index (χ2v) is 11.5. The SMILES string of the molecule is CCN(CC)c1ccc(NC2=Nc3ccccc3N3C2=Nc2c(c(C)nn2-c2ccccc2)[C@H]3c2cccc(Br)c2)cc1. The van der Waals surface area contributed by atoms with Gasteiger partial charge in [0, 0.05) is 34.5 Å². The van der Waals surface area contributed by atoms with Crippen molar-refractivity contribution in [2.24, 2.45) is 9.98 Å². The Bertz CT molecular complexity index is 1850. The first kappa shape index (κ1) is 27.2. The van der Waals surface area contributed by atoms with Gasteiger partial charge in [-0.25, -0.2) is 14.7 Å². The van der Waals surface area contributed by atoms with Gasteiger partial charge in [-0.1, -0.05) is 58.4 Å². The Morgan fingerprint density at radius 2 is 1.58 bits per heavy atom. The van der Waals surface area contributed by atoms with Gasteiger partial charge in [-0.05, 0) is 87.0 Å². The van der Waals surface area contributed by atoms with Crippen LogP contribution in [0.5, 0.6) is 0 Å². The van der Waals surface area contributed by atoms with Gasteiger partial charge in [-0.15, -0.1) is 0 Å². The van der Waals surface area contributed by atoms with Crippen LogP contribution in [0.15, 0.2) is 118 Å². The maximum atomic E-state index is 5.34. The van der Waals surface area contributed by atoms with Crippen LogP contribution in [0.25, 0.3) is 5.69 Å². The maximum Gasteiger partial charge on any atom is 0.179 e. The van der Waals surface area contributed by atoms with Crippen molar-refractivity contribution in [3.63, 3.8) is 0 Å². The third-order valence-corrected chi connectivity index (χ3v) is 8.56. The van der Waals surface area contributed by atoms with Gasteiger partial charge in [0.25, 0.3) is 0 Å². The van der Waals surface area contributed by atoms with E-state index in [0.717, 1.165) is 68.8 Å². The summed E-state index contributed by atoms with van der Waals surface area (Å²) < 4.78 is 2.98. The van der Waals surface area contributed by atoms with E-state index in [1.54, 1.807) is 0 Å². The first-order chi connectivity index (χ1) is 21.1. The highest BCUT2D eigenvalue weighted by Gasteiger charge is 2.41. The van der Waals surface area contributed by atoms with Gasteiger partial charge in [0.1, 0.15) is 0 Å². The van der Waals surface area contributed by atoms with E-state index < -0.39 is 0 Å². The Hall–Kier alpha value is -4.69. The van der Waals surface area contributed by atoms with Crippen molar-refractivity contribution in [1.29, 1.82) is 0 Å². The highest BCUT2D eigenvalue weighted by molar-refractivity contribution is 9.10. The molecule has 0 amide bonds. The van der Waals surface area contributed by atoms with Crippen molar-refractivity contribution in [3.8, 4) is 5.69 Å². The van der Waals surface area contributed by atoms with E-state index in [4.69, 9.17) is 15.1 Å². The Balaban J connectivity index is 1.42. The summed E-state index contributed by atoms with van der Waals surface area (Å²) in [7, 11) is 0. The fraction of sp³-hybridized carbons (Fsp3) is 0.171. The van der Waals surface area contributed by atoms with E-state index >= 15 is 0 Å². The molecule has 2 aliphatic heterocycles. The zero-order chi connectivity index (χ0) is 29.5. The van der Waals surface area contributed by atoms with Crippen LogP contribution in [0.2, 0.25) is 0 Å². The molecule has 0 bridgehead atoms. The van der Waals surface area contributed by atoms with E-state index in [-0.39, 0.29) is 6.04 Å². The zero-order valence-corrected chi connectivity index (χ0v) is 26.0. The highest BCUT2D eigenvalue weighted by Crippen LogP contribution is 2.48. The standard InChI is InChI=1S/C35H32BrN7/c1-4-41(5-2)27-20-18-26(19-21-27)37-33-35-39-34-31(23(3)40-43(34)28-14-7-6-8-15-28)32(24-12-11-13-25(36)22-24)42(35)30-17-10-9-16-29(30)38-33/h6-22,32H,4-5H2,1-3H3,(H,37,38)/t32-/m1/s1. The monoisotopic (exact) mass is 629 g/mol. The van der Waals surface area contributed by atoms with E-state index in [1.807, 2.05) is 28.9 Å². The number of rotatable bonds is 6. The van der Waals surface area contributed by atoms with Gasteiger partial charge in [0.05, 0.1) is 28.8 Å². The van der Waals surface area contributed by atoms with E-state index in [2.05, 4.69) is 131 Å². The Morgan fingerprint density at radius 1 is 0.837 bits per heavy atom. The lowest BCUT2D eigenvalue weighted by molar-refractivity contribution is 0.815. The predicted molar refractivity (Wildman–Crippen MR) is 181 cm³/mol. The van der Waals surface area contributed by atoms with E-state index in [9.17, 15) is 0 Å². The number of aryl methyl sites for hydroxylation is 1. The summed E-state index contributed by atoms with van der Waals surface area (Å²) in [6, 6.07) is 35.3. The van der Waals surface area contributed by atoms with Gasteiger partial charge >= 0.3 is 0 Å². The molecule has 0 radical (unpaired) electrons. The first-order valence-electron chi connectivity index (χ1n) is 14.6. The van der Waals surface area contributed by atoms with Crippen molar-refractivity contribution < 1.29 is 0 Å². The summed E-state index contributed by atoms with van der Waals surface area (Å²) >= 11 is 3.72. The lowest BCUT2D eigenvalue weighted by Crippen LogP contribution is -2.46. The van der Waals surface area contributed by atoms with Gasteiger partial charge in [-0.2, -0.15) is 5.10 Å². The largest absolute Gasteiger partial charge is 0.372 e. The minimum absolute atomic E-state index is 0.170. The Morgan fingerprint density at radius 3 is 2.33 bits per heavy atom. The molecule has 1 N–H and O–H groups in total. The molecule has 0 saturated carbocycles. The summed E-state index contributed by atoms with van der Waals surface area (Å²) in [5, 5.41) is 8.66. The number of fused-ring (bicyclic) bond motifs is 4. The van der Waals surface area contributed by atoms with Crippen molar-refractivity contribution >= 4 is 56.2 Å². The molecule has 214 valence electrons. The van der Waals surface area contributed by atoms with Crippen molar-refractivity contribution in [2.45, 2.75) is 26.8 Å². The molecule has 0 unspecified atom stereocenters. The molecule has 8 heteroatoms. The number of nitrogens with zero attached hydrogens (tertiary/aromatic N) is 6. The van der Waals surface area contributed by atoms with Crippen molar-refractivity contribution in [1.82, 2.24) is 9.78 Å². The molecule has 1 aromatic heterocycles. The normalized spacial score (nSPS) is 15.2. The smallest absolute Gasteiger partial charge is 0.179 e.